The van der Waals surface area contributed by atoms with E-state index in [-0.39, 0.29) is 24.0 Å². The van der Waals surface area contributed by atoms with Gasteiger partial charge in [-0.2, -0.15) is 4.98 Å². The van der Waals surface area contributed by atoms with E-state index in [0.29, 0.717) is 49.5 Å². The molecule has 6 rings (SSSR count). The molecule has 39 heavy (non-hydrogen) atoms. The van der Waals surface area contributed by atoms with Crippen molar-refractivity contribution in [3.8, 4) is 5.75 Å². The maximum atomic E-state index is 13.2. The molecule has 1 aromatic heterocycles. The largest absolute Gasteiger partial charge is 0.491 e. The molecule has 1 aliphatic carbocycles. The molecule has 1 unspecified atom stereocenters. The summed E-state index contributed by atoms with van der Waals surface area (Å²) >= 11 is 0. The second-order valence-electron chi connectivity index (χ2n) is 10.7. The van der Waals surface area contributed by atoms with Gasteiger partial charge in [0.05, 0.1) is 31.2 Å². The topological polar surface area (TPSA) is 121 Å². The Kier molecular flexibility index (Phi) is 7.26. The van der Waals surface area contributed by atoms with Crippen molar-refractivity contribution < 1.29 is 19.1 Å². The average molecular weight is 536 g/mol. The number of fused-ring (bicyclic) bond motifs is 2. The second-order valence-corrected chi connectivity index (χ2v) is 10.7. The van der Waals surface area contributed by atoms with E-state index in [1.165, 1.54) is 12.8 Å². The maximum Gasteiger partial charge on any atom is 0.251 e. The number of aromatic nitrogens is 2. The normalized spacial score (nSPS) is 22.9. The van der Waals surface area contributed by atoms with Crippen LogP contribution in [0, 0.1) is 0 Å². The van der Waals surface area contributed by atoms with Crippen LogP contribution >= 0.6 is 0 Å². The van der Waals surface area contributed by atoms with E-state index < -0.39 is 0 Å². The molecule has 11 heteroatoms. The molecule has 3 N–H and O–H groups in total. The molecule has 4 aliphatic rings. The first-order chi connectivity index (χ1) is 19.0. The van der Waals surface area contributed by atoms with Crippen LogP contribution in [0.1, 0.15) is 54.9 Å². The Balaban J connectivity index is 1.25. The lowest BCUT2D eigenvalue weighted by Gasteiger charge is -2.43. The van der Waals surface area contributed by atoms with E-state index in [4.69, 9.17) is 14.5 Å². The first kappa shape index (κ1) is 25.8. The number of carbonyl (C=O) groups excluding carboxylic acids is 2. The molecule has 2 aromatic rings. The van der Waals surface area contributed by atoms with Crippen LogP contribution in [0.4, 0.5) is 23.1 Å². The van der Waals surface area contributed by atoms with Crippen molar-refractivity contribution in [3.05, 3.63) is 29.5 Å². The van der Waals surface area contributed by atoms with Gasteiger partial charge in [0, 0.05) is 50.3 Å². The van der Waals surface area contributed by atoms with Crippen molar-refractivity contribution in [3.63, 3.8) is 0 Å². The molecule has 0 bridgehead atoms. The number of hydrogen-bond acceptors (Lipinski definition) is 9. The molecule has 4 heterocycles. The first-order valence-corrected chi connectivity index (χ1v) is 14.1. The van der Waals surface area contributed by atoms with Crippen molar-refractivity contribution in [1.82, 2.24) is 20.6 Å². The number of rotatable bonds is 7. The van der Waals surface area contributed by atoms with E-state index in [1.54, 1.807) is 18.1 Å². The summed E-state index contributed by atoms with van der Waals surface area (Å²) in [5.41, 5.74) is 2.94. The predicted molar refractivity (Wildman–Crippen MR) is 148 cm³/mol. The Morgan fingerprint density at radius 1 is 1.23 bits per heavy atom. The molecule has 1 aromatic carbocycles. The van der Waals surface area contributed by atoms with Gasteiger partial charge in [0.25, 0.3) is 5.91 Å². The fraction of sp³-hybridized carbons (Fsp3) is 0.571. The van der Waals surface area contributed by atoms with E-state index in [0.717, 1.165) is 55.1 Å². The highest BCUT2D eigenvalue weighted by Crippen LogP contribution is 2.41. The molecule has 2 atom stereocenters. The zero-order chi connectivity index (χ0) is 26.9. The van der Waals surface area contributed by atoms with Crippen LogP contribution in [0.15, 0.2) is 18.3 Å². The van der Waals surface area contributed by atoms with Gasteiger partial charge < -0.3 is 35.2 Å². The zero-order valence-electron chi connectivity index (χ0n) is 22.7. The van der Waals surface area contributed by atoms with Gasteiger partial charge in [0.2, 0.25) is 11.9 Å². The standard InChI is InChI=1S/C28H37N7O4/c1-3-22-27(37)34(2)23-16-31-28(33-25(23)35(22)17-6-4-5-7-17)32-21-9-8-20(19-10-12-39-24(19)21)26(36)30-15-18-14-29-11-13-38-18/h8-9,16-18,22,29H,3-7,10-15H2,1-2H3,(H,30,36)(H,31,32,33)/t18?,22-/m1/s1. The van der Waals surface area contributed by atoms with E-state index in [1.807, 2.05) is 12.1 Å². The summed E-state index contributed by atoms with van der Waals surface area (Å²) in [5, 5.41) is 9.62. The zero-order valence-corrected chi connectivity index (χ0v) is 22.7. The SMILES string of the molecule is CC[C@@H]1C(=O)N(C)c2cnc(Nc3ccc(C(=O)NCC4CNCCO4)c4c3OCC4)nc2N1C1CCCC1. The third-order valence-corrected chi connectivity index (χ3v) is 8.26. The minimum atomic E-state index is -0.228. The lowest BCUT2D eigenvalue weighted by Crippen LogP contribution is -2.55. The molecule has 1 saturated carbocycles. The molecule has 0 radical (unpaired) electrons. The number of nitrogens with one attached hydrogen (secondary N) is 3. The van der Waals surface area contributed by atoms with Crippen LogP contribution in [0.25, 0.3) is 0 Å². The minimum absolute atomic E-state index is 0.0282. The maximum absolute atomic E-state index is 13.2. The summed E-state index contributed by atoms with van der Waals surface area (Å²) in [6, 6.07) is 3.75. The number of carbonyl (C=O) groups is 2. The number of hydrogen-bond donors (Lipinski definition) is 3. The Morgan fingerprint density at radius 2 is 2.08 bits per heavy atom. The lowest BCUT2D eigenvalue weighted by atomic mass is 10.0. The average Bonchev–Trinajstić information content (AvgIpc) is 3.67. The molecule has 2 fully saturated rings. The van der Waals surface area contributed by atoms with Crippen molar-refractivity contribution in [2.45, 2.75) is 63.6 Å². The first-order valence-electron chi connectivity index (χ1n) is 14.1. The summed E-state index contributed by atoms with van der Waals surface area (Å²) in [6.07, 6.45) is 7.53. The molecule has 3 aliphatic heterocycles. The number of anilines is 4. The molecule has 1 saturated heterocycles. The molecular formula is C28H37N7O4. The Morgan fingerprint density at radius 3 is 2.85 bits per heavy atom. The second kappa shape index (κ2) is 11.0. The monoisotopic (exact) mass is 535 g/mol. The molecule has 0 spiro atoms. The van der Waals surface area contributed by atoms with Gasteiger partial charge in [-0.25, -0.2) is 4.98 Å². The predicted octanol–water partition coefficient (Wildman–Crippen LogP) is 2.38. The summed E-state index contributed by atoms with van der Waals surface area (Å²) in [4.78, 5) is 39.6. The van der Waals surface area contributed by atoms with Crippen LogP contribution in [-0.2, 0) is 16.0 Å². The van der Waals surface area contributed by atoms with Gasteiger partial charge in [0.1, 0.15) is 17.5 Å². The number of benzene rings is 1. The van der Waals surface area contributed by atoms with Gasteiger partial charge in [-0.05, 0) is 31.4 Å². The fourth-order valence-electron chi connectivity index (χ4n) is 6.22. The highest BCUT2D eigenvalue weighted by Gasteiger charge is 2.41. The number of morpholine rings is 1. The van der Waals surface area contributed by atoms with Crippen molar-refractivity contribution in [2.75, 3.05) is 55.0 Å². The van der Waals surface area contributed by atoms with E-state index in [2.05, 4.69) is 32.8 Å². The Hall–Kier alpha value is -3.44. The van der Waals surface area contributed by atoms with Gasteiger partial charge in [0.15, 0.2) is 5.82 Å². The lowest BCUT2D eigenvalue weighted by molar-refractivity contribution is -0.120. The summed E-state index contributed by atoms with van der Waals surface area (Å²) in [7, 11) is 1.80. The Bertz CT molecular complexity index is 1240. The van der Waals surface area contributed by atoms with Gasteiger partial charge in [-0.3, -0.25) is 9.59 Å². The fourth-order valence-corrected chi connectivity index (χ4v) is 6.22. The summed E-state index contributed by atoms with van der Waals surface area (Å²) < 4.78 is 11.7. The quantitative estimate of drug-likeness (QED) is 0.491. The summed E-state index contributed by atoms with van der Waals surface area (Å²) in [5.74, 6) is 1.85. The van der Waals surface area contributed by atoms with Gasteiger partial charge in [-0.1, -0.05) is 19.8 Å². The van der Waals surface area contributed by atoms with E-state index >= 15 is 0 Å². The van der Waals surface area contributed by atoms with Crippen LogP contribution in [0.5, 0.6) is 5.75 Å². The van der Waals surface area contributed by atoms with Crippen molar-refractivity contribution in [2.24, 2.45) is 0 Å². The number of amides is 2. The van der Waals surface area contributed by atoms with Crippen molar-refractivity contribution in [1.29, 1.82) is 0 Å². The van der Waals surface area contributed by atoms with Gasteiger partial charge in [-0.15, -0.1) is 0 Å². The van der Waals surface area contributed by atoms with Crippen LogP contribution in [0.2, 0.25) is 0 Å². The number of ether oxygens (including phenoxy) is 2. The minimum Gasteiger partial charge on any atom is -0.491 e. The van der Waals surface area contributed by atoms with Crippen LogP contribution in [-0.4, -0.2) is 79.9 Å². The molecule has 2 amide bonds. The Labute approximate surface area is 228 Å². The van der Waals surface area contributed by atoms with E-state index in [9.17, 15) is 9.59 Å². The number of likely N-dealkylation sites (N-methyl/N-ethyl adjacent to an activating group) is 1. The third kappa shape index (κ3) is 4.89. The van der Waals surface area contributed by atoms with Gasteiger partial charge >= 0.3 is 0 Å². The smallest absolute Gasteiger partial charge is 0.251 e. The van der Waals surface area contributed by atoms with Crippen LogP contribution < -0.4 is 30.5 Å². The van der Waals surface area contributed by atoms with Crippen molar-refractivity contribution >= 4 is 35.0 Å². The number of nitrogens with zero attached hydrogens (tertiary/aromatic N) is 4. The van der Waals surface area contributed by atoms with Crippen LogP contribution in [0.3, 0.4) is 0 Å². The molecule has 11 nitrogen and oxygen atoms in total. The highest BCUT2D eigenvalue weighted by atomic mass is 16.5. The summed E-state index contributed by atoms with van der Waals surface area (Å²) in [6.45, 7) is 5.24. The molecule has 208 valence electrons. The third-order valence-electron chi connectivity index (χ3n) is 8.26. The highest BCUT2D eigenvalue weighted by molar-refractivity contribution is 6.04. The molecular weight excluding hydrogens is 498 g/mol.